The highest BCUT2D eigenvalue weighted by Crippen LogP contribution is 2.14. The molecule has 2 aromatic heterocycles. The molecule has 0 spiro atoms. The van der Waals surface area contributed by atoms with Gasteiger partial charge in [0.1, 0.15) is 5.82 Å². The summed E-state index contributed by atoms with van der Waals surface area (Å²) in [5.74, 6) is 2.45. The van der Waals surface area contributed by atoms with Crippen molar-refractivity contribution in [3.63, 3.8) is 0 Å². The predicted octanol–water partition coefficient (Wildman–Crippen LogP) is 2.02. The van der Waals surface area contributed by atoms with Gasteiger partial charge in [-0.05, 0) is 36.8 Å². The van der Waals surface area contributed by atoms with Crippen molar-refractivity contribution in [3.05, 3.63) is 59.6 Å². The number of carbonyl (C=O) groups is 1. The molecular weight excluding hydrogens is 370 g/mol. The molecule has 3 N–H and O–H groups in total. The van der Waals surface area contributed by atoms with Crippen LogP contribution in [0.25, 0.3) is 11.6 Å². The normalized spacial score (nSPS) is 11.3. The summed E-state index contributed by atoms with van der Waals surface area (Å²) in [6, 6.07) is 11.1. The number of hydrogen-bond donors (Lipinski definition) is 3. The van der Waals surface area contributed by atoms with Crippen LogP contribution in [0.4, 0.5) is 0 Å². The van der Waals surface area contributed by atoms with Gasteiger partial charge in [-0.15, -0.1) is 5.10 Å². The molecule has 1 amide bonds. The molecule has 0 aliphatic heterocycles. The van der Waals surface area contributed by atoms with E-state index in [0.717, 1.165) is 12.1 Å². The second-order valence-corrected chi connectivity index (χ2v) is 6.53. The minimum absolute atomic E-state index is 0.0176. The maximum atomic E-state index is 12.0. The molecule has 29 heavy (non-hydrogen) atoms. The Labute approximate surface area is 169 Å². The Kier molecular flexibility index (Phi) is 6.62. The van der Waals surface area contributed by atoms with Crippen molar-refractivity contribution in [2.45, 2.75) is 20.0 Å². The molecule has 0 bridgehead atoms. The molecule has 3 rings (SSSR count). The monoisotopic (exact) mass is 395 g/mol. The Balaban J connectivity index is 1.59. The van der Waals surface area contributed by atoms with Crippen LogP contribution in [-0.2, 0) is 13.1 Å². The molecule has 9 nitrogen and oxygen atoms in total. The quantitative estimate of drug-likeness (QED) is 0.417. The Morgan fingerprint density at radius 2 is 2.00 bits per heavy atom. The summed E-state index contributed by atoms with van der Waals surface area (Å²) >= 11 is 0. The van der Waals surface area contributed by atoms with Crippen LogP contribution in [-0.4, -0.2) is 52.6 Å². The summed E-state index contributed by atoms with van der Waals surface area (Å²) < 4.78 is 5.30. The van der Waals surface area contributed by atoms with Crippen LogP contribution in [0.15, 0.2) is 52.1 Å². The molecule has 0 saturated heterocycles. The van der Waals surface area contributed by atoms with Gasteiger partial charge in [-0.3, -0.25) is 9.89 Å². The van der Waals surface area contributed by atoms with Crippen molar-refractivity contribution < 1.29 is 9.21 Å². The lowest BCUT2D eigenvalue weighted by molar-refractivity contribution is 0.0827. The van der Waals surface area contributed by atoms with Crippen LogP contribution in [0.1, 0.15) is 28.7 Å². The van der Waals surface area contributed by atoms with E-state index >= 15 is 0 Å². The zero-order valence-electron chi connectivity index (χ0n) is 16.8. The molecule has 1 aromatic carbocycles. The molecule has 0 aliphatic carbocycles. The van der Waals surface area contributed by atoms with E-state index < -0.39 is 0 Å². The minimum atomic E-state index is -0.0176. The van der Waals surface area contributed by atoms with Crippen LogP contribution in [0.2, 0.25) is 0 Å². The molecule has 0 unspecified atom stereocenters. The number of aromatic nitrogens is 3. The molecule has 0 aliphatic rings. The van der Waals surface area contributed by atoms with E-state index in [-0.39, 0.29) is 5.91 Å². The SMILES string of the molecule is CCNC(=NCc1ccc(C(=O)N(C)C)cc1)NCc1nc(-c2ccco2)n[nH]1. The molecule has 0 radical (unpaired) electrons. The third kappa shape index (κ3) is 5.44. The lowest BCUT2D eigenvalue weighted by Crippen LogP contribution is -2.37. The van der Waals surface area contributed by atoms with Crippen molar-refractivity contribution in [2.75, 3.05) is 20.6 Å². The Bertz CT molecular complexity index is 944. The Morgan fingerprint density at radius 1 is 1.21 bits per heavy atom. The molecule has 2 heterocycles. The number of aromatic amines is 1. The Morgan fingerprint density at radius 3 is 2.66 bits per heavy atom. The number of rotatable bonds is 7. The largest absolute Gasteiger partial charge is 0.461 e. The van der Waals surface area contributed by atoms with E-state index in [9.17, 15) is 4.79 Å². The first-order chi connectivity index (χ1) is 14.1. The number of nitrogens with zero attached hydrogens (tertiary/aromatic N) is 4. The summed E-state index contributed by atoms with van der Waals surface area (Å²) in [5, 5.41) is 13.5. The van der Waals surface area contributed by atoms with Crippen molar-refractivity contribution in [2.24, 2.45) is 4.99 Å². The van der Waals surface area contributed by atoms with E-state index in [1.807, 2.05) is 37.3 Å². The number of benzene rings is 1. The van der Waals surface area contributed by atoms with E-state index in [4.69, 9.17) is 4.42 Å². The van der Waals surface area contributed by atoms with Gasteiger partial charge in [0.25, 0.3) is 5.91 Å². The molecular formula is C20H25N7O2. The van der Waals surface area contributed by atoms with Crippen LogP contribution in [0.3, 0.4) is 0 Å². The average molecular weight is 395 g/mol. The molecule has 3 aromatic rings. The number of carbonyl (C=O) groups excluding carboxylic acids is 1. The summed E-state index contributed by atoms with van der Waals surface area (Å²) in [6.07, 6.45) is 1.59. The highest BCUT2D eigenvalue weighted by Gasteiger charge is 2.09. The van der Waals surface area contributed by atoms with Gasteiger partial charge in [0.05, 0.1) is 19.4 Å². The molecule has 0 saturated carbocycles. The fraction of sp³-hybridized carbons (Fsp3) is 0.300. The molecule has 152 valence electrons. The van der Waals surface area contributed by atoms with Gasteiger partial charge in [0, 0.05) is 26.2 Å². The van der Waals surface area contributed by atoms with Crippen LogP contribution in [0, 0.1) is 0 Å². The number of furan rings is 1. The molecule has 0 fully saturated rings. The van der Waals surface area contributed by atoms with Crippen molar-refractivity contribution in [3.8, 4) is 11.6 Å². The van der Waals surface area contributed by atoms with Crippen LogP contribution >= 0.6 is 0 Å². The first-order valence-electron chi connectivity index (χ1n) is 9.34. The van der Waals surface area contributed by atoms with Crippen molar-refractivity contribution in [1.82, 2.24) is 30.7 Å². The number of hydrogen-bond acceptors (Lipinski definition) is 5. The van der Waals surface area contributed by atoms with Gasteiger partial charge in [-0.25, -0.2) is 9.98 Å². The zero-order chi connectivity index (χ0) is 20.6. The fourth-order valence-electron chi connectivity index (χ4n) is 2.58. The van der Waals surface area contributed by atoms with Crippen molar-refractivity contribution >= 4 is 11.9 Å². The standard InChI is InChI=1S/C20H25N7O2/c1-4-21-20(22-12-14-7-9-15(10-8-14)19(28)27(2)3)23-13-17-24-18(26-25-17)16-6-5-11-29-16/h5-11H,4,12-13H2,1-3H3,(H2,21,22,23)(H,24,25,26). The van der Waals surface area contributed by atoms with E-state index in [0.29, 0.717) is 42.0 Å². The predicted molar refractivity (Wildman–Crippen MR) is 110 cm³/mol. The first-order valence-corrected chi connectivity index (χ1v) is 9.34. The second-order valence-electron chi connectivity index (χ2n) is 6.53. The van der Waals surface area contributed by atoms with Crippen molar-refractivity contribution in [1.29, 1.82) is 0 Å². The number of nitrogens with one attached hydrogen (secondary N) is 3. The number of amides is 1. The maximum Gasteiger partial charge on any atom is 0.253 e. The summed E-state index contributed by atoms with van der Waals surface area (Å²) in [6.45, 7) is 3.66. The Hall–Kier alpha value is -3.62. The maximum absolute atomic E-state index is 12.0. The van der Waals surface area contributed by atoms with Gasteiger partial charge in [0.2, 0.25) is 5.82 Å². The highest BCUT2D eigenvalue weighted by atomic mass is 16.3. The highest BCUT2D eigenvalue weighted by molar-refractivity contribution is 5.93. The van der Waals surface area contributed by atoms with Crippen LogP contribution in [0.5, 0.6) is 0 Å². The van der Waals surface area contributed by atoms with Gasteiger partial charge >= 0.3 is 0 Å². The lowest BCUT2D eigenvalue weighted by Gasteiger charge is -2.11. The minimum Gasteiger partial charge on any atom is -0.461 e. The van der Waals surface area contributed by atoms with E-state index in [2.05, 4.69) is 30.8 Å². The van der Waals surface area contributed by atoms with Gasteiger partial charge in [-0.2, -0.15) is 0 Å². The number of guanidine groups is 1. The smallest absolute Gasteiger partial charge is 0.253 e. The fourth-order valence-corrected chi connectivity index (χ4v) is 2.58. The number of aliphatic imine (C=N–C) groups is 1. The average Bonchev–Trinajstić information content (AvgIpc) is 3.41. The second kappa shape index (κ2) is 9.54. The van der Waals surface area contributed by atoms with Gasteiger partial charge in [-0.1, -0.05) is 12.1 Å². The summed E-state index contributed by atoms with van der Waals surface area (Å²) in [4.78, 5) is 22.5. The van der Waals surface area contributed by atoms with Gasteiger partial charge < -0.3 is 20.0 Å². The topological polar surface area (TPSA) is 111 Å². The summed E-state index contributed by atoms with van der Waals surface area (Å²) in [7, 11) is 3.47. The lowest BCUT2D eigenvalue weighted by atomic mass is 10.1. The molecule has 9 heteroatoms. The van der Waals surface area contributed by atoms with Crippen LogP contribution < -0.4 is 10.6 Å². The van der Waals surface area contributed by atoms with E-state index in [1.54, 1.807) is 31.3 Å². The van der Waals surface area contributed by atoms with Gasteiger partial charge in [0.15, 0.2) is 11.7 Å². The zero-order valence-corrected chi connectivity index (χ0v) is 16.8. The summed E-state index contributed by atoms with van der Waals surface area (Å²) in [5.41, 5.74) is 1.67. The van der Waals surface area contributed by atoms with E-state index in [1.165, 1.54) is 0 Å². The first kappa shape index (κ1) is 20.1. The molecule has 0 atom stereocenters. The third-order valence-corrected chi connectivity index (χ3v) is 4.07. The number of H-pyrrole nitrogens is 1. The third-order valence-electron chi connectivity index (χ3n) is 4.07.